The molecule has 6 nitrogen and oxygen atoms in total. The van der Waals surface area contributed by atoms with E-state index in [1.54, 1.807) is 19.4 Å². The van der Waals surface area contributed by atoms with E-state index in [0.717, 1.165) is 25.0 Å². The number of pyridine rings is 1. The number of hydrogen-bond donors (Lipinski definition) is 2. The zero-order chi connectivity index (χ0) is 14.4. The van der Waals surface area contributed by atoms with Crippen LogP contribution in [0.5, 0.6) is 5.88 Å². The van der Waals surface area contributed by atoms with Gasteiger partial charge >= 0.3 is 6.03 Å². The van der Waals surface area contributed by atoms with Gasteiger partial charge in [0.2, 0.25) is 5.88 Å². The van der Waals surface area contributed by atoms with E-state index < -0.39 is 0 Å². The van der Waals surface area contributed by atoms with E-state index in [2.05, 4.69) is 15.6 Å². The molecular weight excluding hydrogens is 258 g/mol. The fourth-order valence-electron chi connectivity index (χ4n) is 2.17. The number of nitrogens with one attached hydrogen (secondary N) is 2. The van der Waals surface area contributed by atoms with Crippen LogP contribution in [0.2, 0.25) is 0 Å². The van der Waals surface area contributed by atoms with Crippen molar-refractivity contribution >= 4 is 6.03 Å². The monoisotopic (exact) mass is 279 g/mol. The zero-order valence-electron chi connectivity index (χ0n) is 11.9. The summed E-state index contributed by atoms with van der Waals surface area (Å²) in [7, 11) is 1.57. The minimum atomic E-state index is -0.191. The smallest absolute Gasteiger partial charge is 0.315 e. The first-order valence-corrected chi connectivity index (χ1v) is 6.84. The zero-order valence-corrected chi connectivity index (χ0v) is 11.9. The van der Waals surface area contributed by atoms with Crippen LogP contribution < -0.4 is 15.4 Å². The Morgan fingerprint density at radius 2 is 2.45 bits per heavy atom. The van der Waals surface area contributed by atoms with Gasteiger partial charge in [-0.3, -0.25) is 0 Å². The SMILES string of the molecule is COc1ccc(CNC(=O)NC(C)C2CCCO2)cn1. The van der Waals surface area contributed by atoms with E-state index in [-0.39, 0.29) is 18.2 Å². The van der Waals surface area contributed by atoms with Gasteiger partial charge in [-0.1, -0.05) is 6.07 Å². The normalized spacial score (nSPS) is 19.4. The Kier molecular flexibility index (Phi) is 5.17. The number of carbonyl (C=O) groups is 1. The molecule has 2 amide bonds. The Morgan fingerprint density at radius 3 is 3.05 bits per heavy atom. The molecule has 110 valence electrons. The molecule has 2 N–H and O–H groups in total. The summed E-state index contributed by atoms with van der Waals surface area (Å²) in [6.45, 7) is 3.18. The summed E-state index contributed by atoms with van der Waals surface area (Å²) < 4.78 is 10.5. The lowest BCUT2D eigenvalue weighted by atomic mass is 10.1. The summed E-state index contributed by atoms with van der Waals surface area (Å²) in [5, 5.41) is 5.70. The molecule has 2 unspecified atom stereocenters. The molecule has 1 fully saturated rings. The summed E-state index contributed by atoms with van der Waals surface area (Å²) >= 11 is 0. The second-order valence-corrected chi connectivity index (χ2v) is 4.88. The second-order valence-electron chi connectivity index (χ2n) is 4.88. The topological polar surface area (TPSA) is 72.5 Å². The highest BCUT2D eigenvalue weighted by Gasteiger charge is 2.23. The molecule has 2 rings (SSSR count). The van der Waals surface area contributed by atoms with E-state index in [1.807, 2.05) is 13.0 Å². The number of amides is 2. The van der Waals surface area contributed by atoms with Crippen molar-refractivity contribution in [2.45, 2.75) is 38.5 Å². The molecule has 1 aliphatic heterocycles. The molecule has 1 saturated heterocycles. The van der Waals surface area contributed by atoms with Gasteiger partial charge in [0.05, 0.1) is 19.3 Å². The third-order valence-electron chi connectivity index (χ3n) is 3.34. The van der Waals surface area contributed by atoms with Crippen LogP contribution in [0.15, 0.2) is 18.3 Å². The van der Waals surface area contributed by atoms with Gasteiger partial charge in [-0.25, -0.2) is 9.78 Å². The lowest BCUT2D eigenvalue weighted by Gasteiger charge is -2.20. The second kappa shape index (κ2) is 7.09. The van der Waals surface area contributed by atoms with E-state index in [0.29, 0.717) is 12.4 Å². The van der Waals surface area contributed by atoms with Crippen LogP contribution in [-0.2, 0) is 11.3 Å². The highest BCUT2D eigenvalue weighted by atomic mass is 16.5. The van der Waals surface area contributed by atoms with Crippen molar-refractivity contribution in [3.63, 3.8) is 0 Å². The first-order chi connectivity index (χ1) is 9.69. The number of methoxy groups -OCH3 is 1. The molecule has 0 aromatic carbocycles. The number of nitrogens with zero attached hydrogens (tertiary/aromatic N) is 1. The van der Waals surface area contributed by atoms with E-state index in [4.69, 9.17) is 9.47 Å². The molecule has 2 heterocycles. The van der Waals surface area contributed by atoms with Crippen molar-refractivity contribution in [3.05, 3.63) is 23.9 Å². The minimum Gasteiger partial charge on any atom is -0.481 e. The molecule has 0 bridgehead atoms. The van der Waals surface area contributed by atoms with Crippen molar-refractivity contribution in [3.8, 4) is 5.88 Å². The molecule has 0 aliphatic carbocycles. The van der Waals surface area contributed by atoms with Gasteiger partial charge in [-0.2, -0.15) is 0 Å². The predicted octanol–water partition coefficient (Wildman–Crippen LogP) is 1.46. The van der Waals surface area contributed by atoms with Crippen LogP contribution in [0.1, 0.15) is 25.3 Å². The summed E-state index contributed by atoms with van der Waals surface area (Å²) in [5.41, 5.74) is 0.922. The number of urea groups is 1. The molecule has 1 aliphatic rings. The van der Waals surface area contributed by atoms with Crippen LogP contribution in [0, 0.1) is 0 Å². The van der Waals surface area contributed by atoms with Gasteiger partial charge in [0.1, 0.15) is 0 Å². The molecular formula is C14H21N3O3. The van der Waals surface area contributed by atoms with Gasteiger partial charge in [0.15, 0.2) is 0 Å². The highest BCUT2D eigenvalue weighted by molar-refractivity contribution is 5.74. The van der Waals surface area contributed by atoms with E-state index in [1.165, 1.54) is 0 Å². The van der Waals surface area contributed by atoms with Crippen LogP contribution in [-0.4, -0.2) is 36.9 Å². The molecule has 1 aromatic heterocycles. The van der Waals surface area contributed by atoms with Gasteiger partial charge < -0.3 is 20.1 Å². The van der Waals surface area contributed by atoms with Gasteiger partial charge in [0.25, 0.3) is 0 Å². The van der Waals surface area contributed by atoms with Crippen molar-refractivity contribution in [1.82, 2.24) is 15.6 Å². The Labute approximate surface area is 118 Å². The van der Waals surface area contributed by atoms with Crippen LogP contribution >= 0.6 is 0 Å². The van der Waals surface area contributed by atoms with Crippen molar-refractivity contribution in [2.24, 2.45) is 0 Å². The lowest BCUT2D eigenvalue weighted by Crippen LogP contribution is -2.45. The van der Waals surface area contributed by atoms with Crippen molar-refractivity contribution < 1.29 is 14.3 Å². The fraction of sp³-hybridized carbons (Fsp3) is 0.571. The van der Waals surface area contributed by atoms with E-state index >= 15 is 0 Å². The first-order valence-electron chi connectivity index (χ1n) is 6.84. The summed E-state index contributed by atoms with van der Waals surface area (Å²) in [5.74, 6) is 0.560. The molecule has 1 aromatic rings. The maximum Gasteiger partial charge on any atom is 0.315 e. The summed E-state index contributed by atoms with van der Waals surface area (Å²) in [4.78, 5) is 15.9. The largest absolute Gasteiger partial charge is 0.481 e. The van der Waals surface area contributed by atoms with Crippen molar-refractivity contribution in [2.75, 3.05) is 13.7 Å². The van der Waals surface area contributed by atoms with Crippen LogP contribution in [0.4, 0.5) is 4.79 Å². The number of hydrogen-bond acceptors (Lipinski definition) is 4. The van der Waals surface area contributed by atoms with Crippen LogP contribution in [0.3, 0.4) is 0 Å². The molecule has 0 radical (unpaired) electrons. The average Bonchev–Trinajstić information content (AvgIpc) is 3.00. The van der Waals surface area contributed by atoms with Crippen molar-refractivity contribution in [1.29, 1.82) is 0 Å². The predicted molar refractivity (Wildman–Crippen MR) is 74.6 cm³/mol. The Balaban J connectivity index is 1.73. The van der Waals surface area contributed by atoms with Crippen LogP contribution in [0.25, 0.3) is 0 Å². The molecule has 6 heteroatoms. The summed E-state index contributed by atoms with van der Waals surface area (Å²) in [6.07, 6.45) is 3.88. The van der Waals surface area contributed by atoms with E-state index in [9.17, 15) is 4.79 Å². The number of rotatable bonds is 5. The van der Waals surface area contributed by atoms with Gasteiger partial charge in [-0.05, 0) is 25.3 Å². The maximum atomic E-state index is 11.8. The molecule has 20 heavy (non-hydrogen) atoms. The Hall–Kier alpha value is -1.82. The Morgan fingerprint density at radius 1 is 1.60 bits per heavy atom. The highest BCUT2D eigenvalue weighted by Crippen LogP contribution is 2.15. The van der Waals surface area contributed by atoms with Gasteiger partial charge in [-0.15, -0.1) is 0 Å². The quantitative estimate of drug-likeness (QED) is 0.856. The fourth-order valence-corrected chi connectivity index (χ4v) is 2.17. The third kappa shape index (κ3) is 4.09. The maximum absolute atomic E-state index is 11.8. The Bertz CT molecular complexity index is 430. The standard InChI is InChI=1S/C14H21N3O3/c1-10(12-4-3-7-20-12)17-14(18)16-9-11-5-6-13(19-2)15-8-11/h5-6,8,10,12H,3-4,7,9H2,1-2H3,(H2,16,17,18). The first kappa shape index (κ1) is 14.6. The number of carbonyl (C=O) groups excluding carboxylic acids is 1. The lowest BCUT2D eigenvalue weighted by molar-refractivity contribution is 0.0860. The third-order valence-corrected chi connectivity index (χ3v) is 3.34. The molecule has 0 spiro atoms. The minimum absolute atomic E-state index is 0.0199. The van der Waals surface area contributed by atoms with Gasteiger partial charge in [0, 0.05) is 25.4 Å². The average molecular weight is 279 g/mol. The summed E-state index contributed by atoms with van der Waals surface area (Å²) in [6, 6.07) is 3.47. The molecule has 0 saturated carbocycles. The number of ether oxygens (including phenoxy) is 2. The molecule has 2 atom stereocenters. The number of aromatic nitrogens is 1.